The molecule has 2 N–H and O–H groups in total. The third kappa shape index (κ3) is 4.91. The monoisotopic (exact) mass is 322 g/mol. The predicted molar refractivity (Wildman–Crippen MR) is 97.8 cm³/mol. The van der Waals surface area contributed by atoms with E-state index in [1.54, 1.807) is 12.2 Å². The van der Waals surface area contributed by atoms with Gasteiger partial charge in [-0.25, -0.2) is 4.98 Å². The van der Waals surface area contributed by atoms with Crippen LogP contribution in [0.1, 0.15) is 17.5 Å². The molecular formula is C20H22N2O2. The Morgan fingerprint density at radius 3 is 2.25 bits per heavy atom. The minimum Gasteiger partial charge on any atom is -0.380 e. The zero-order chi connectivity index (χ0) is 17.2. The minimum atomic E-state index is -0.705. The second-order valence-electron chi connectivity index (χ2n) is 5.07. The molecule has 3 rings (SSSR count). The van der Waals surface area contributed by atoms with Crippen LogP contribution in [0.5, 0.6) is 0 Å². The van der Waals surface area contributed by atoms with Crippen molar-refractivity contribution in [2.45, 2.75) is 6.10 Å². The van der Waals surface area contributed by atoms with Crippen LogP contribution in [0.4, 0.5) is 0 Å². The lowest BCUT2D eigenvalue weighted by Gasteiger charge is -2.06. The lowest BCUT2D eigenvalue weighted by atomic mass is 10.1. The Labute approximate surface area is 142 Å². The van der Waals surface area contributed by atoms with Crippen LogP contribution in [-0.2, 0) is 4.74 Å². The van der Waals surface area contributed by atoms with Gasteiger partial charge in [-0.15, -0.1) is 13.2 Å². The third-order valence-electron chi connectivity index (χ3n) is 3.25. The molecule has 1 unspecified atom stereocenters. The largest absolute Gasteiger partial charge is 0.380 e. The van der Waals surface area contributed by atoms with Crippen LogP contribution in [-0.4, -0.2) is 28.3 Å². The normalized spacial score (nSPS) is 11.4. The maximum atomic E-state index is 10.2. The van der Waals surface area contributed by atoms with E-state index < -0.39 is 6.10 Å². The van der Waals surface area contributed by atoms with E-state index >= 15 is 0 Å². The van der Waals surface area contributed by atoms with Crippen molar-refractivity contribution >= 4 is 11.0 Å². The molecule has 0 radical (unpaired) electrons. The number of ether oxygens (including phenoxy) is 1. The summed E-state index contributed by atoms with van der Waals surface area (Å²) in [4.78, 5) is 7.52. The van der Waals surface area contributed by atoms with Crippen LogP contribution >= 0.6 is 0 Å². The second kappa shape index (κ2) is 9.45. The molecule has 0 saturated carbocycles. The highest BCUT2D eigenvalue weighted by Gasteiger charge is 2.13. The van der Waals surface area contributed by atoms with Gasteiger partial charge in [-0.2, -0.15) is 0 Å². The molecule has 0 amide bonds. The van der Waals surface area contributed by atoms with Gasteiger partial charge in [0.2, 0.25) is 0 Å². The number of hydrogen-bond donors (Lipinski definition) is 2. The minimum absolute atomic E-state index is 0.581. The number of aliphatic hydroxyl groups is 1. The Bertz CT molecular complexity index is 724. The number of rotatable bonds is 6. The fourth-order valence-corrected chi connectivity index (χ4v) is 2.13. The van der Waals surface area contributed by atoms with Crippen molar-refractivity contribution in [1.82, 2.24) is 9.97 Å². The number of hydrogen-bond acceptors (Lipinski definition) is 3. The molecular weight excluding hydrogens is 300 g/mol. The van der Waals surface area contributed by atoms with Crippen LogP contribution in [0.15, 0.2) is 79.9 Å². The van der Waals surface area contributed by atoms with Crippen molar-refractivity contribution in [3.63, 3.8) is 0 Å². The fraction of sp³-hybridized carbons (Fsp3) is 0.150. The molecule has 3 aromatic rings. The topological polar surface area (TPSA) is 58.1 Å². The van der Waals surface area contributed by atoms with E-state index in [1.807, 2.05) is 54.6 Å². The first kappa shape index (κ1) is 17.7. The highest BCUT2D eigenvalue weighted by atomic mass is 16.5. The van der Waals surface area contributed by atoms with Gasteiger partial charge in [0, 0.05) is 0 Å². The first-order valence-corrected chi connectivity index (χ1v) is 7.73. The van der Waals surface area contributed by atoms with Gasteiger partial charge in [0.1, 0.15) is 11.9 Å². The van der Waals surface area contributed by atoms with Gasteiger partial charge >= 0.3 is 0 Å². The fourth-order valence-electron chi connectivity index (χ4n) is 2.13. The Morgan fingerprint density at radius 2 is 1.62 bits per heavy atom. The van der Waals surface area contributed by atoms with Crippen molar-refractivity contribution < 1.29 is 9.84 Å². The molecule has 1 atom stereocenters. The summed E-state index contributed by atoms with van der Waals surface area (Å²) in [7, 11) is 0. The molecule has 0 aliphatic heterocycles. The van der Waals surface area contributed by atoms with Gasteiger partial charge in [-0.3, -0.25) is 0 Å². The number of aliphatic hydroxyl groups excluding tert-OH is 1. The summed E-state index contributed by atoms with van der Waals surface area (Å²) >= 11 is 0. The second-order valence-corrected chi connectivity index (χ2v) is 5.07. The maximum absolute atomic E-state index is 10.2. The summed E-state index contributed by atoms with van der Waals surface area (Å²) in [6, 6.07) is 17.3. The SMILES string of the molecule is C=CCOCC=C.OC(c1ccccc1)c1nc2ccccc2[nH]1. The van der Waals surface area contributed by atoms with E-state index in [4.69, 9.17) is 4.74 Å². The third-order valence-corrected chi connectivity index (χ3v) is 3.25. The molecule has 0 saturated heterocycles. The zero-order valence-electron chi connectivity index (χ0n) is 13.6. The van der Waals surface area contributed by atoms with E-state index in [1.165, 1.54) is 0 Å². The summed E-state index contributed by atoms with van der Waals surface area (Å²) < 4.78 is 4.90. The summed E-state index contributed by atoms with van der Waals surface area (Å²) in [5.41, 5.74) is 2.65. The number of aromatic nitrogens is 2. The van der Waals surface area contributed by atoms with E-state index in [-0.39, 0.29) is 0 Å². The molecule has 4 heteroatoms. The Morgan fingerprint density at radius 1 is 1.00 bits per heavy atom. The van der Waals surface area contributed by atoms with Gasteiger partial charge in [0.15, 0.2) is 0 Å². The van der Waals surface area contributed by atoms with E-state index in [0.717, 1.165) is 16.6 Å². The average Bonchev–Trinajstić information content (AvgIpc) is 3.07. The molecule has 24 heavy (non-hydrogen) atoms. The van der Waals surface area contributed by atoms with Crippen molar-refractivity contribution in [2.24, 2.45) is 0 Å². The Kier molecular flexibility index (Phi) is 6.95. The van der Waals surface area contributed by atoms with Gasteiger partial charge in [0.25, 0.3) is 0 Å². The standard InChI is InChI=1S/C14H12N2O.C6H10O/c17-13(10-6-2-1-3-7-10)14-15-11-8-4-5-9-12(11)16-14;1-3-5-7-6-4-2/h1-9,13,17H,(H,15,16);3-4H,1-2,5-6H2. The number of H-pyrrole nitrogens is 1. The van der Waals surface area contributed by atoms with E-state index in [0.29, 0.717) is 19.0 Å². The van der Waals surface area contributed by atoms with E-state index in [9.17, 15) is 5.11 Å². The number of imidazole rings is 1. The van der Waals surface area contributed by atoms with Gasteiger partial charge in [0.05, 0.1) is 24.2 Å². The zero-order valence-corrected chi connectivity index (χ0v) is 13.6. The lowest BCUT2D eigenvalue weighted by molar-refractivity contribution is 0.194. The molecule has 2 aromatic carbocycles. The Hall–Kier alpha value is -2.69. The highest BCUT2D eigenvalue weighted by Crippen LogP contribution is 2.21. The van der Waals surface area contributed by atoms with Crippen molar-refractivity contribution in [3.05, 3.63) is 91.3 Å². The number of nitrogens with zero attached hydrogens (tertiary/aromatic N) is 1. The van der Waals surface area contributed by atoms with Gasteiger partial charge in [-0.05, 0) is 17.7 Å². The lowest BCUT2D eigenvalue weighted by Crippen LogP contribution is -2.01. The van der Waals surface area contributed by atoms with Crippen LogP contribution in [0.3, 0.4) is 0 Å². The summed E-state index contributed by atoms with van der Waals surface area (Å²) in [6.07, 6.45) is 2.72. The predicted octanol–water partition coefficient (Wildman–Crippen LogP) is 4.02. The van der Waals surface area contributed by atoms with E-state index in [2.05, 4.69) is 23.1 Å². The number of nitrogens with one attached hydrogen (secondary N) is 1. The van der Waals surface area contributed by atoms with Crippen molar-refractivity contribution in [1.29, 1.82) is 0 Å². The number of aromatic amines is 1. The number of fused-ring (bicyclic) bond motifs is 1. The molecule has 1 aromatic heterocycles. The summed E-state index contributed by atoms with van der Waals surface area (Å²) in [5.74, 6) is 0.581. The molecule has 0 aliphatic carbocycles. The molecule has 124 valence electrons. The molecule has 4 nitrogen and oxygen atoms in total. The maximum Gasteiger partial charge on any atom is 0.140 e. The van der Waals surface area contributed by atoms with Crippen LogP contribution < -0.4 is 0 Å². The molecule has 0 spiro atoms. The number of para-hydroxylation sites is 2. The first-order valence-electron chi connectivity index (χ1n) is 7.73. The van der Waals surface area contributed by atoms with Crippen molar-refractivity contribution in [3.8, 4) is 0 Å². The Balaban J connectivity index is 0.000000256. The molecule has 0 aliphatic rings. The quantitative estimate of drug-likeness (QED) is 0.532. The first-order chi connectivity index (χ1) is 11.8. The van der Waals surface area contributed by atoms with Crippen molar-refractivity contribution in [2.75, 3.05) is 13.2 Å². The van der Waals surface area contributed by atoms with Gasteiger partial charge in [-0.1, -0.05) is 54.6 Å². The molecule has 1 heterocycles. The molecule has 0 bridgehead atoms. The van der Waals surface area contributed by atoms with Crippen LogP contribution in [0, 0.1) is 0 Å². The average molecular weight is 322 g/mol. The highest BCUT2D eigenvalue weighted by molar-refractivity contribution is 5.74. The molecule has 0 fully saturated rings. The van der Waals surface area contributed by atoms with Crippen LogP contribution in [0.2, 0.25) is 0 Å². The smallest absolute Gasteiger partial charge is 0.140 e. The van der Waals surface area contributed by atoms with Crippen LogP contribution in [0.25, 0.3) is 11.0 Å². The van der Waals surface area contributed by atoms with Gasteiger partial charge < -0.3 is 14.8 Å². The summed E-state index contributed by atoms with van der Waals surface area (Å²) in [5, 5.41) is 10.2. The summed E-state index contributed by atoms with van der Waals surface area (Å²) in [6.45, 7) is 8.18. The number of benzene rings is 2.